The van der Waals surface area contributed by atoms with Crippen molar-refractivity contribution in [1.82, 2.24) is 0 Å². The third kappa shape index (κ3) is 3.94. The Labute approximate surface area is 114 Å². The van der Waals surface area contributed by atoms with Crippen LogP contribution in [0.15, 0.2) is 18.2 Å². The maximum absolute atomic E-state index is 13.7. The standard InChI is InChI=1S/C15H22FNO2/c1-4-6-9-17(11(3)5-2)12-7-8-13(15(18)19)14(16)10-12/h7-8,10-11H,4-6,9H2,1-3H3,(H,18,19). The maximum atomic E-state index is 13.7. The van der Waals surface area contributed by atoms with Crippen molar-refractivity contribution in [2.24, 2.45) is 0 Å². The molecule has 0 bridgehead atoms. The van der Waals surface area contributed by atoms with E-state index in [-0.39, 0.29) is 5.56 Å². The van der Waals surface area contributed by atoms with Crippen LogP contribution in [-0.2, 0) is 0 Å². The molecule has 19 heavy (non-hydrogen) atoms. The fourth-order valence-electron chi connectivity index (χ4n) is 2.01. The van der Waals surface area contributed by atoms with Crippen molar-refractivity contribution >= 4 is 11.7 Å². The first-order chi connectivity index (χ1) is 9.01. The van der Waals surface area contributed by atoms with Crippen LogP contribution in [0.1, 0.15) is 50.4 Å². The predicted molar refractivity (Wildman–Crippen MR) is 75.4 cm³/mol. The molecule has 1 N–H and O–H groups in total. The average Bonchev–Trinajstić information content (AvgIpc) is 2.38. The van der Waals surface area contributed by atoms with Gasteiger partial charge in [-0.25, -0.2) is 9.18 Å². The van der Waals surface area contributed by atoms with Crippen LogP contribution in [0.5, 0.6) is 0 Å². The van der Waals surface area contributed by atoms with Crippen LogP contribution < -0.4 is 4.90 Å². The van der Waals surface area contributed by atoms with Crippen LogP contribution in [0, 0.1) is 5.82 Å². The second-order valence-electron chi connectivity index (χ2n) is 4.77. The molecule has 0 saturated carbocycles. The zero-order valence-corrected chi connectivity index (χ0v) is 11.8. The van der Waals surface area contributed by atoms with Gasteiger partial charge in [0.2, 0.25) is 0 Å². The average molecular weight is 267 g/mol. The zero-order chi connectivity index (χ0) is 14.4. The summed E-state index contributed by atoms with van der Waals surface area (Å²) in [5.41, 5.74) is 0.480. The Morgan fingerprint density at radius 3 is 2.58 bits per heavy atom. The van der Waals surface area contributed by atoms with Gasteiger partial charge in [0.25, 0.3) is 0 Å². The summed E-state index contributed by atoms with van der Waals surface area (Å²) < 4.78 is 13.7. The number of benzene rings is 1. The van der Waals surface area contributed by atoms with Crippen LogP contribution in [0.4, 0.5) is 10.1 Å². The van der Waals surface area contributed by atoms with Crippen LogP contribution >= 0.6 is 0 Å². The SMILES string of the molecule is CCCCN(c1ccc(C(=O)O)c(F)c1)C(C)CC. The molecule has 106 valence electrons. The molecule has 1 unspecified atom stereocenters. The lowest BCUT2D eigenvalue weighted by Gasteiger charge is -2.31. The smallest absolute Gasteiger partial charge is 0.338 e. The number of aromatic carboxylic acids is 1. The molecular formula is C15H22FNO2. The van der Waals surface area contributed by atoms with E-state index >= 15 is 0 Å². The Bertz CT molecular complexity index is 434. The molecule has 4 heteroatoms. The van der Waals surface area contributed by atoms with Crippen molar-refractivity contribution in [2.45, 2.75) is 46.1 Å². The Morgan fingerprint density at radius 2 is 2.11 bits per heavy atom. The number of hydrogen-bond acceptors (Lipinski definition) is 2. The highest BCUT2D eigenvalue weighted by atomic mass is 19.1. The van der Waals surface area contributed by atoms with E-state index in [1.807, 2.05) is 0 Å². The molecule has 0 amide bonds. The number of rotatable bonds is 7. The minimum atomic E-state index is -1.23. The van der Waals surface area contributed by atoms with Gasteiger partial charge in [-0.3, -0.25) is 0 Å². The van der Waals surface area contributed by atoms with Gasteiger partial charge in [0, 0.05) is 18.3 Å². The lowest BCUT2D eigenvalue weighted by molar-refractivity contribution is 0.0692. The molecule has 0 aliphatic rings. The molecule has 0 radical (unpaired) electrons. The minimum Gasteiger partial charge on any atom is -0.478 e. The second-order valence-corrected chi connectivity index (χ2v) is 4.77. The summed E-state index contributed by atoms with van der Waals surface area (Å²) >= 11 is 0. The van der Waals surface area contributed by atoms with E-state index in [1.54, 1.807) is 6.07 Å². The normalized spacial score (nSPS) is 12.2. The van der Waals surface area contributed by atoms with Crippen molar-refractivity contribution in [3.05, 3.63) is 29.6 Å². The first kappa shape index (κ1) is 15.5. The molecule has 0 aromatic heterocycles. The molecular weight excluding hydrogens is 245 g/mol. The van der Waals surface area contributed by atoms with E-state index in [0.29, 0.717) is 6.04 Å². The van der Waals surface area contributed by atoms with Gasteiger partial charge >= 0.3 is 5.97 Å². The minimum absolute atomic E-state index is 0.275. The number of carbonyl (C=O) groups is 1. The molecule has 1 rings (SSSR count). The van der Waals surface area contributed by atoms with E-state index in [0.717, 1.165) is 31.5 Å². The van der Waals surface area contributed by atoms with E-state index in [9.17, 15) is 9.18 Å². The van der Waals surface area contributed by atoms with Gasteiger partial charge in [0.1, 0.15) is 5.82 Å². The summed E-state index contributed by atoms with van der Waals surface area (Å²) in [6, 6.07) is 4.66. The molecule has 0 spiro atoms. The van der Waals surface area contributed by atoms with Crippen LogP contribution in [0.3, 0.4) is 0 Å². The van der Waals surface area contributed by atoms with Gasteiger partial charge in [0.15, 0.2) is 0 Å². The number of unbranched alkanes of at least 4 members (excludes halogenated alkanes) is 1. The molecule has 1 aromatic rings. The summed E-state index contributed by atoms with van der Waals surface area (Å²) in [7, 11) is 0. The quantitative estimate of drug-likeness (QED) is 0.813. The summed E-state index contributed by atoms with van der Waals surface area (Å²) in [5, 5.41) is 8.84. The molecule has 0 aliphatic heterocycles. The Morgan fingerprint density at radius 1 is 1.42 bits per heavy atom. The number of nitrogens with zero attached hydrogens (tertiary/aromatic N) is 1. The monoisotopic (exact) mass is 267 g/mol. The van der Waals surface area contributed by atoms with Gasteiger partial charge in [-0.2, -0.15) is 0 Å². The van der Waals surface area contributed by atoms with Crippen molar-refractivity contribution in [3.8, 4) is 0 Å². The van der Waals surface area contributed by atoms with Crippen LogP contribution in [-0.4, -0.2) is 23.7 Å². The highest BCUT2D eigenvalue weighted by Gasteiger charge is 2.16. The molecule has 0 fully saturated rings. The molecule has 1 aromatic carbocycles. The lowest BCUT2D eigenvalue weighted by atomic mass is 10.1. The fraction of sp³-hybridized carbons (Fsp3) is 0.533. The van der Waals surface area contributed by atoms with Gasteiger partial charge in [-0.15, -0.1) is 0 Å². The summed E-state index contributed by atoms with van der Waals surface area (Å²) in [4.78, 5) is 12.9. The van der Waals surface area contributed by atoms with E-state index < -0.39 is 11.8 Å². The molecule has 0 saturated heterocycles. The van der Waals surface area contributed by atoms with Crippen LogP contribution in [0.25, 0.3) is 0 Å². The Balaban J connectivity index is 3.02. The Kier molecular flexibility index (Phi) is 5.80. The molecule has 3 nitrogen and oxygen atoms in total. The second kappa shape index (κ2) is 7.12. The van der Waals surface area contributed by atoms with E-state index in [4.69, 9.17) is 5.11 Å². The summed E-state index contributed by atoms with van der Waals surface area (Å²) in [6.45, 7) is 7.16. The molecule has 0 heterocycles. The van der Waals surface area contributed by atoms with Gasteiger partial charge in [0.05, 0.1) is 5.56 Å². The van der Waals surface area contributed by atoms with E-state index in [1.165, 1.54) is 12.1 Å². The third-order valence-electron chi connectivity index (χ3n) is 3.39. The van der Waals surface area contributed by atoms with Crippen molar-refractivity contribution in [2.75, 3.05) is 11.4 Å². The maximum Gasteiger partial charge on any atom is 0.338 e. The van der Waals surface area contributed by atoms with Gasteiger partial charge in [-0.05, 0) is 38.0 Å². The third-order valence-corrected chi connectivity index (χ3v) is 3.39. The largest absolute Gasteiger partial charge is 0.478 e. The summed E-state index contributed by atoms with van der Waals surface area (Å²) in [5.74, 6) is -1.90. The number of hydrogen-bond donors (Lipinski definition) is 1. The first-order valence-electron chi connectivity index (χ1n) is 6.80. The van der Waals surface area contributed by atoms with Gasteiger partial charge in [-0.1, -0.05) is 20.3 Å². The highest BCUT2D eigenvalue weighted by Crippen LogP contribution is 2.22. The summed E-state index contributed by atoms with van der Waals surface area (Å²) in [6.07, 6.45) is 3.07. The number of carboxylic acid groups (broad SMARTS) is 1. The van der Waals surface area contributed by atoms with Crippen molar-refractivity contribution in [1.29, 1.82) is 0 Å². The lowest BCUT2D eigenvalue weighted by Crippen LogP contribution is -2.33. The van der Waals surface area contributed by atoms with Crippen molar-refractivity contribution < 1.29 is 14.3 Å². The fourth-order valence-corrected chi connectivity index (χ4v) is 2.01. The number of halogens is 1. The van der Waals surface area contributed by atoms with Crippen LogP contribution in [0.2, 0.25) is 0 Å². The topological polar surface area (TPSA) is 40.5 Å². The highest BCUT2D eigenvalue weighted by molar-refractivity contribution is 5.88. The van der Waals surface area contributed by atoms with Gasteiger partial charge < -0.3 is 10.0 Å². The number of carboxylic acids is 1. The first-order valence-corrected chi connectivity index (χ1v) is 6.80. The molecule has 1 atom stereocenters. The molecule has 0 aliphatic carbocycles. The van der Waals surface area contributed by atoms with E-state index in [2.05, 4.69) is 25.7 Å². The Hall–Kier alpha value is -1.58. The number of anilines is 1. The zero-order valence-electron chi connectivity index (χ0n) is 11.8. The predicted octanol–water partition coefficient (Wildman–Crippen LogP) is 3.93. The van der Waals surface area contributed by atoms with Crippen molar-refractivity contribution in [3.63, 3.8) is 0 Å².